The summed E-state index contributed by atoms with van der Waals surface area (Å²) in [5.74, 6) is 0.0573. The zero-order valence-electron chi connectivity index (χ0n) is 11.7. The smallest absolute Gasteiger partial charge is 0.240 e. The highest BCUT2D eigenvalue weighted by Gasteiger charge is 2.36. The van der Waals surface area contributed by atoms with Crippen LogP contribution >= 0.6 is 24.8 Å². The molecule has 0 unspecified atom stereocenters. The zero-order valence-corrected chi connectivity index (χ0v) is 13.3. The number of nitrogens with zero attached hydrogens (tertiary/aromatic N) is 1. The lowest BCUT2D eigenvalue weighted by atomic mass is 9.98. The average Bonchev–Trinajstić information content (AvgIpc) is 3.06. The molecule has 0 saturated heterocycles. The minimum Gasteiger partial charge on any atom is -0.353 e. The first-order valence-electron chi connectivity index (χ1n) is 6.97. The lowest BCUT2D eigenvalue weighted by Crippen LogP contribution is -2.53. The summed E-state index contributed by atoms with van der Waals surface area (Å²) in [6.07, 6.45) is 6.52. The fourth-order valence-corrected chi connectivity index (χ4v) is 2.76. The highest BCUT2D eigenvalue weighted by atomic mass is 35.5. The first kappa shape index (κ1) is 19.0. The molecule has 1 amide bonds. The molecule has 0 aromatic heterocycles. The zero-order chi connectivity index (χ0) is 12.3. The summed E-state index contributed by atoms with van der Waals surface area (Å²) in [6, 6.07) is 0.773. The fraction of sp³-hybridized carbons (Fsp3) is 0.923. The van der Waals surface area contributed by atoms with Gasteiger partial charge in [0, 0.05) is 19.1 Å². The van der Waals surface area contributed by atoms with Crippen molar-refractivity contribution in [1.82, 2.24) is 10.2 Å². The molecule has 2 rings (SSSR count). The van der Waals surface area contributed by atoms with Crippen LogP contribution in [0.5, 0.6) is 0 Å². The van der Waals surface area contributed by atoms with Crippen molar-refractivity contribution in [3.05, 3.63) is 0 Å². The minimum absolute atomic E-state index is 0. The van der Waals surface area contributed by atoms with Crippen molar-refractivity contribution in [3.63, 3.8) is 0 Å². The van der Waals surface area contributed by atoms with Crippen LogP contribution in [-0.4, -0.2) is 42.0 Å². The van der Waals surface area contributed by atoms with E-state index in [4.69, 9.17) is 5.73 Å². The van der Waals surface area contributed by atoms with Crippen molar-refractivity contribution < 1.29 is 4.79 Å². The molecule has 0 aromatic rings. The van der Waals surface area contributed by atoms with Gasteiger partial charge in [0.15, 0.2) is 0 Å². The topological polar surface area (TPSA) is 58.4 Å². The molecule has 6 heteroatoms. The van der Waals surface area contributed by atoms with Crippen LogP contribution in [0.3, 0.4) is 0 Å². The van der Waals surface area contributed by atoms with Gasteiger partial charge in [-0.3, -0.25) is 9.69 Å². The number of halogens is 2. The Kier molecular flexibility index (Phi) is 8.29. The monoisotopic (exact) mass is 311 g/mol. The van der Waals surface area contributed by atoms with E-state index in [1.807, 2.05) is 0 Å². The molecule has 0 heterocycles. The maximum atomic E-state index is 12.0. The van der Waals surface area contributed by atoms with Gasteiger partial charge >= 0.3 is 0 Å². The molecule has 0 radical (unpaired) electrons. The van der Waals surface area contributed by atoms with Crippen molar-refractivity contribution in [1.29, 1.82) is 0 Å². The molecular weight excluding hydrogens is 285 g/mol. The van der Waals surface area contributed by atoms with Gasteiger partial charge in [-0.25, -0.2) is 0 Å². The summed E-state index contributed by atoms with van der Waals surface area (Å²) in [6.45, 7) is 4.96. The van der Waals surface area contributed by atoms with E-state index in [1.165, 1.54) is 12.8 Å². The van der Waals surface area contributed by atoms with Gasteiger partial charge in [0.1, 0.15) is 0 Å². The Bertz CT molecular complexity index is 279. The van der Waals surface area contributed by atoms with E-state index < -0.39 is 5.54 Å². The second kappa shape index (κ2) is 8.30. The average molecular weight is 312 g/mol. The van der Waals surface area contributed by atoms with Crippen molar-refractivity contribution in [3.8, 4) is 0 Å². The van der Waals surface area contributed by atoms with Crippen molar-refractivity contribution in [2.45, 2.75) is 57.0 Å². The molecule has 2 aliphatic carbocycles. The number of nitrogens with two attached hydrogens (primary N) is 1. The molecular formula is C13H27Cl2N3O. The van der Waals surface area contributed by atoms with Crippen LogP contribution in [0.25, 0.3) is 0 Å². The Labute approximate surface area is 128 Å². The molecule has 114 valence electrons. The van der Waals surface area contributed by atoms with E-state index in [-0.39, 0.29) is 30.7 Å². The van der Waals surface area contributed by atoms with Crippen molar-refractivity contribution in [2.75, 3.05) is 19.6 Å². The van der Waals surface area contributed by atoms with Crippen LogP contribution in [0.2, 0.25) is 0 Å². The molecule has 3 N–H and O–H groups in total. The van der Waals surface area contributed by atoms with E-state index in [0.29, 0.717) is 0 Å². The standard InChI is InChI=1S/C13H25N3O.2ClH/c1-2-16(11-5-6-11)10-9-15-12(17)13(14)7-3-4-8-13;;/h11H,2-10,14H2,1H3,(H,15,17);2*1H. The molecule has 4 nitrogen and oxygen atoms in total. The quantitative estimate of drug-likeness (QED) is 0.785. The molecule has 0 aliphatic heterocycles. The van der Waals surface area contributed by atoms with E-state index in [2.05, 4.69) is 17.1 Å². The van der Waals surface area contributed by atoms with Gasteiger partial charge in [0.2, 0.25) is 5.91 Å². The number of carbonyl (C=O) groups is 1. The Morgan fingerprint density at radius 2 is 1.89 bits per heavy atom. The first-order chi connectivity index (χ1) is 8.15. The van der Waals surface area contributed by atoms with Crippen LogP contribution in [-0.2, 0) is 4.79 Å². The Morgan fingerprint density at radius 3 is 2.37 bits per heavy atom. The number of likely N-dealkylation sites (N-methyl/N-ethyl adjacent to an activating group) is 1. The van der Waals surface area contributed by atoms with Crippen molar-refractivity contribution >= 4 is 30.7 Å². The number of hydrogen-bond donors (Lipinski definition) is 2. The Balaban J connectivity index is 0.00000162. The Hall–Kier alpha value is -0.0300. The summed E-state index contributed by atoms with van der Waals surface area (Å²) in [4.78, 5) is 14.4. The maximum absolute atomic E-state index is 12.0. The molecule has 19 heavy (non-hydrogen) atoms. The highest BCUT2D eigenvalue weighted by molar-refractivity contribution is 5.86. The summed E-state index contributed by atoms with van der Waals surface area (Å²) < 4.78 is 0. The molecule has 0 aromatic carbocycles. The third kappa shape index (κ3) is 5.10. The lowest BCUT2D eigenvalue weighted by Gasteiger charge is -2.24. The van der Waals surface area contributed by atoms with E-state index >= 15 is 0 Å². The summed E-state index contributed by atoms with van der Waals surface area (Å²) in [5.41, 5.74) is 5.53. The van der Waals surface area contributed by atoms with Crippen LogP contribution in [0, 0.1) is 0 Å². The van der Waals surface area contributed by atoms with Crippen molar-refractivity contribution in [2.24, 2.45) is 5.73 Å². The van der Waals surface area contributed by atoms with Gasteiger partial charge in [-0.1, -0.05) is 19.8 Å². The summed E-state index contributed by atoms with van der Waals surface area (Å²) in [7, 11) is 0. The molecule has 2 fully saturated rings. The van der Waals surface area contributed by atoms with E-state index in [1.54, 1.807) is 0 Å². The van der Waals surface area contributed by atoms with Crippen LogP contribution in [0.1, 0.15) is 45.4 Å². The summed E-state index contributed by atoms with van der Waals surface area (Å²) >= 11 is 0. The predicted octanol–water partition coefficient (Wildman–Crippen LogP) is 1.70. The molecule has 0 atom stereocenters. The first-order valence-corrected chi connectivity index (χ1v) is 6.97. The molecule has 2 saturated carbocycles. The highest BCUT2D eigenvalue weighted by Crippen LogP contribution is 2.27. The third-order valence-electron chi connectivity index (χ3n) is 4.10. The second-order valence-electron chi connectivity index (χ2n) is 5.48. The fourth-order valence-electron chi connectivity index (χ4n) is 2.76. The maximum Gasteiger partial charge on any atom is 0.240 e. The SMILES string of the molecule is CCN(CCNC(=O)C1(N)CCCC1)C1CC1.Cl.Cl. The van der Waals surface area contributed by atoms with E-state index in [9.17, 15) is 4.79 Å². The number of hydrogen-bond acceptors (Lipinski definition) is 3. The third-order valence-corrected chi connectivity index (χ3v) is 4.10. The largest absolute Gasteiger partial charge is 0.353 e. The second-order valence-corrected chi connectivity index (χ2v) is 5.48. The van der Waals surface area contributed by atoms with Gasteiger partial charge in [-0.2, -0.15) is 0 Å². The molecule has 0 bridgehead atoms. The number of nitrogens with one attached hydrogen (secondary N) is 1. The minimum atomic E-state index is -0.573. The van der Waals surface area contributed by atoms with Crippen LogP contribution in [0.15, 0.2) is 0 Å². The number of carbonyl (C=O) groups excluding carboxylic acids is 1. The molecule has 2 aliphatic rings. The molecule has 0 spiro atoms. The number of rotatable bonds is 6. The Morgan fingerprint density at radius 1 is 1.32 bits per heavy atom. The summed E-state index contributed by atoms with van der Waals surface area (Å²) in [5, 5.41) is 3.01. The van der Waals surface area contributed by atoms with Gasteiger partial charge in [-0.15, -0.1) is 24.8 Å². The van der Waals surface area contributed by atoms with Crippen LogP contribution < -0.4 is 11.1 Å². The van der Waals surface area contributed by atoms with Gasteiger partial charge < -0.3 is 11.1 Å². The van der Waals surface area contributed by atoms with Crippen LogP contribution in [0.4, 0.5) is 0 Å². The van der Waals surface area contributed by atoms with Gasteiger partial charge in [0.25, 0.3) is 0 Å². The predicted molar refractivity (Wildman–Crippen MR) is 83.2 cm³/mol. The number of amides is 1. The lowest BCUT2D eigenvalue weighted by molar-refractivity contribution is -0.126. The normalized spacial score (nSPS) is 20.6. The van der Waals surface area contributed by atoms with Gasteiger partial charge in [-0.05, 0) is 32.2 Å². The van der Waals surface area contributed by atoms with Gasteiger partial charge in [0.05, 0.1) is 5.54 Å². The van der Waals surface area contributed by atoms with E-state index in [0.717, 1.165) is 51.4 Å².